The summed E-state index contributed by atoms with van der Waals surface area (Å²) in [6.45, 7) is 12.7. The van der Waals surface area contributed by atoms with Gasteiger partial charge in [-0.15, -0.1) is 13.3 Å². The SMILES string of the molecule is CC1=C(C)C[C-]=C1.CC1=[C-]C(C)C=C1.C[C](C)=[Zr+2].[Cl-].[Cl-]. The quantitative estimate of drug-likeness (QED) is 0.455. The van der Waals surface area contributed by atoms with Crippen LogP contribution in [0.15, 0.2) is 34.9 Å². The largest absolute Gasteiger partial charge is 1.00 e. The van der Waals surface area contributed by atoms with Gasteiger partial charge in [0.15, 0.2) is 0 Å². The Kier molecular flexibility index (Phi) is 18.0. The molecule has 0 heterocycles. The molecule has 20 heavy (non-hydrogen) atoms. The van der Waals surface area contributed by atoms with Crippen molar-refractivity contribution in [2.45, 2.75) is 48.0 Å². The molecule has 0 fully saturated rings. The van der Waals surface area contributed by atoms with Gasteiger partial charge in [-0.1, -0.05) is 26.7 Å². The van der Waals surface area contributed by atoms with Gasteiger partial charge in [-0.25, -0.2) is 23.3 Å². The molecule has 0 radical (unpaired) electrons. The zero-order valence-electron chi connectivity index (χ0n) is 13.3. The van der Waals surface area contributed by atoms with Crippen LogP contribution < -0.4 is 24.8 Å². The molecule has 3 heteroatoms. The maximum atomic E-state index is 3.22. The van der Waals surface area contributed by atoms with Gasteiger partial charge in [0.05, 0.1) is 0 Å². The van der Waals surface area contributed by atoms with E-state index >= 15 is 0 Å². The third-order valence-electron chi connectivity index (χ3n) is 2.45. The van der Waals surface area contributed by atoms with Gasteiger partial charge >= 0.3 is 41.3 Å². The molecular weight excluding hydrogens is 366 g/mol. The Hall–Kier alpha value is 0.293. The monoisotopic (exact) mass is 388 g/mol. The van der Waals surface area contributed by atoms with Gasteiger partial charge in [0.25, 0.3) is 0 Å². The van der Waals surface area contributed by atoms with Crippen LogP contribution in [0.2, 0.25) is 0 Å². The second kappa shape index (κ2) is 14.2. The van der Waals surface area contributed by atoms with E-state index in [-0.39, 0.29) is 24.8 Å². The third-order valence-corrected chi connectivity index (χ3v) is 2.45. The van der Waals surface area contributed by atoms with E-state index in [1.807, 2.05) is 0 Å². The van der Waals surface area contributed by atoms with Crippen molar-refractivity contribution >= 4 is 3.21 Å². The summed E-state index contributed by atoms with van der Waals surface area (Å²) in [4.78, 5) is 0. The van der Waals surface area contributed by atoms with Crippen molar-refractivity contribution in [3.8, 4) is 0 Å². The van der Waals surface area contributed by atoms with Crippen LogP contribution in [-0.4, -0.2) is 3.21 Å². The van der Waals surface area contributed by atoms with Gasteiger partial charge < -0.3 is 24.8 Å². The molecule has 1 unspecified atom stereocenters. The number of rotatable bonds is 0. The number of halogens is 2. The molecule has 0 nitrogen and oxygen atoms in total. The molecule has 0 aromatic carbocycles. The van der Waals surface area contributed by atoms with Crippen LogP contribution in [0.3, 0.4) is 0 Å². The Labute approximate surface area is 152 Å². The van der Waals surface area contributed by atoms with Crippen molar-refractivity contribution < 1.29 is 49.0 Å². The fourth-order valence-corrected chi connectivity index (χ4v) is 1.36. The minimum atomic E-state index is 0. The van der Waals surface area contributed by atoms with E-state index in [4.69, 9.17) is 0 Å². The molecule has 0 amide bonds. The molecule has 0 N–H and O–H groups in total. The summed E-state index contributed by atoms with van der Waals surface area (Å²) >= 11 is 1.55. The van der Waals surface area contributed by atoms with Gasteiger partial charge in [0.2, 0.25) is 0 Å². The number of hydrogen-bond donors (Lipinski definition) is 0. The van der Waals surface area contributed by atoms with Crippen LogP contribution in [0, 0.1) is 18.1 Å². The van der Waals surface area contributed by atoms with E-state index < -0.39 is 0 Å². The first-order valence-electron chi connectivity index (χ1n) is 6.36. The van der Waals surface area contributed by atoms with Crippen LogP contribution in [-0.2, 0) is 24.2 Å². The second-order valence-electron chi connectivity index (χ2n) is 4.96. The van der Waals surface area contributed by atoms with Crippen molar-refractivity contribution in [3.05, 3.63) is 47.1 Å². The molecule has 0 spiro atoms. The fraction of sp³-hybridized carbons (Fsp3) is 0.471. The predicted octanol–water partition coefficient (Wildman–Crippen LogP) is -1.22. The van der Waals surface area contributed by atoms with Gasteiger partial charge in [-0.2, -0.15) is 11.6 Å². The van der Waals surface area contributed by atoms with Crippen LogP contribution >= 0.6 is 0 Å². The van der Waals surface area contributed by atoms with Crippen molar-refractivity contribution in [3.63, 3.8) is 0 Å². The summed E-state index contributed by atoms with van der Waals surface area (Å²) in [7, 11) is 0. The average molecular weight is 391 g/mol. The number of hydrogen-bond acceptors (Lipinski definition) is 0. The Balaban J connectivity index is -0.000000215. The summed E-state index contributed by atoms with van der Waals surface area (Å²) < 4.78 is 1.51. The number of allylic oxidation sites excluding steroid dienone is 8. The van der Waals surface area contributed by atoms with Gasteiger partial charge in [-0.3, -0.25) is 12.2 Å². The maximum Gasteiger partial charge on any atom is -1.00 e. The van der Waals surface area contributed by atoms with Crippen LogP contribution in [0.4, 0.5) is 0 Å². The summed E-state index contributed by atoms with van der Waals surface area (Å²) in [5.41, 5.74) is 4.12. The molecule has 2 aliphatic rings. The smallest absolute Gasteiger partial charge is 1.00 e. The van der Waals surface area contributed by atoms with Crippen LogP contribution in [0.5, 0.6) is 0 Å². The van der Waals surface area contributed by atoms with Gasteiger partial charge in [-0.05, 0) is 0 Å². The van der Waals surface area contributed by atoms with E-state index in [0.29, 0.717) is 5.92 Å². The Bertz CT molecular complexity index is 397. The first kappa shape index (κ1) is 25.3. The van der Waals surface area contributed by atoms with Gasteiger partial charge in [0, 0.05) is 0 Å². The van der Waals surface area contributed by atoms with E-state index in [2.05, 4.69) is 71.9 Å². The van der Waals surface area contributed by atoms with Crippen LogP contribution in [0.25, 0.3) is 0 Å². The van der Waals surface area contributed by atoms with E-state index in [1.54, 1.807) is 24.2 Å². The maximum absolute atomic E-state index is 3.22. The summed E-state index contributed by atoms with van der Waals surface area (Å²) in [6, 6.07) is 0. The molecule has 0 bridgehead atoms. The predicted molar refractivity (Wildman–Crippen MR) is 77.9 cm³/mol. The van der Waals surface area contributed by atoms with Crippen molar-refractivity contribution in [1.29, 1.82) is 0 Å². The Morgan fingerprint density at radius 3 is 1.80 bits per heavy atom. The summed E-state index contributed by atoms with van der Waals surface area (Å²) in [5, 5.41) is 0. The first-order valence-corrected chi connectivity index (χ1v) is 7.58. The molecule has 112 valence electrons. The van der Waals surface area contributed by atoms with Crippen LogP contribution in [0.1, 0.15) is 48.0 Å². The first-order chi connectivity index (χ1) is 8.32. The zero-order valence-corrected chi connectivity index (χ0v) is 17.2. The zero-order chi connectivity index (χ0) is 14.1. The second-order valence-corrected chi connectivity index (χ2v) is 7.42. The molecule has 0 aromatic rings. The molecule has 0 aromatic heterocycles. The van der Waals surface area contributed by atoms with Crippen molar-refractivity contribution in [2.75, 3.05) is 0 Å². The summed E-state index contributed by atoms with van der Waals surface area (Å²) in [6.07, 6.45) is 13.7. The van der Waals surface area contributed by atoms with Gasteiger partial charge in [0.1, 0.15) is 0 Å². The molecule has 0 aliphatic heterocycles. The Morgan fingerprint density at radius 2 is 1.70 bits per heavy atom. The van der Waals surface area contributed by atoms with E-state index in [0.717, 1.165) is 6.42 Å². The molecule has 2 rings (SSSR count). The minimum absolute atomic E-state index is 0. The van der Waals surface area contributed by atoms with E-state index in [9.17, 15) is 0 Å². The molecule has 2 aliphatic carbocycles. The molecule has 0 saturated heterocycles. The topological polar surface area (TPSA) is 0 Å². The molecule has 0 saturated carbocycles. The standard InChI is InChI=1S/2C7H9.C3H6.2ClH.Zr/c1-6-3-4-7(2)5-6;1-6-4-3-5-7(6)2;1-3-2;;;/h3-4,6H,1-2H3;4H,5H2,1-2H3;1-2H3;2*1H;/q2*-1;;;;+2/p-2. The molecule has 1 atom stereocenters. The van der Waals surface area contributed by atoms with Crippen molar-refractivity contribution in [2.24, 2.45) is 5.92 Å². The Morgan fingerprint density at radius 1 is 1.20 bits per heavy atom. The van der Waals surface area contributed by atoms with E-state index in [1.165, 1.54) is 19.9 Å². The van der Waals surface area contributed by atoms with Crippen molar-refractivity contribution in [1.82, 2.24) is 0 Å². The normalized spacial score (nSPS) is 18.0. The summed E-state index contributed by atoms with van der Waals surface area (Å²) in [5.74, 6) is 0.556. The minimum Gasteiger partial charge on any atom is -1.00 e. The third kappa shape index (κ3) is 14.7. The average Bonchev–Trinajstić information content (AvgIpc) is 2.77. The fourth-order valence-electron chi connectivity index (χ4n) is 1.36. The molecular formula is C17H24Cl2Zr-2.